The van der Waals surface area contributed by atoms with Crippen LogP contribution in [0, 0.1) is 0 Å². The summed E-state index contributed by atoms with van der Waals surface area (Å²) in [6.07, 6.45) is -3.81. The number of hydrogen-bond donors (Lipinski definition) is 1. The van der Waals surface area contributed by atoms with Crippen LogP contribution in [0.5, 0.6) is 0 Å². The number of hydrogen-bond acceptors (Lipinski definition) is 4. The number of carbonyl (C=O) groups is 2. The first-order valence-electron chi connectivity index (χ1n) is 9.33. The van der Waals surface area contributed by atoms with Crippen molar-refractivity contribution in [2.24, 2.45) is 0 Å². The molecule has 2 amide bonds. The number of rotatable bonds is 5. The van der Waals surface area contributed by atoms with E-state index in [1.807, 2.05) is 9.80 Å². The van der Waals surface area contributed by atoms with Crippen LogP contribution in [0.1, 0.15) is 18.9 Å². The highest BCUT2D eigenvalue weighted by Gasteiger charge is 2.33. The smallest absolute Gasteiger partial charge is 0.348 e. The molecule has 2 rings (SSSR count). The minimum atomic E-state index is -4.60. The average molecular weight is 435 g/mol. The Kier molecular flexibility index (Phi) is 7.90. The predicted octanol–water partition coefficient (Wildman–Crippen LogP) is 2.78. The van der Waals surface area contributed by atoms with Crippen LogP contribution in [-0.2, 0) is 15.8 Å². The van der Waals surface area contributed by atoms with Crippen LogP contribution < -0.4 is 5.32 Å². The number of halogens is 4. The fourth-order valence-electron chi connectivity index (χ4n) is 3.10. The topological polar surface area (TPSA) is 55.9 Å². The van der Waals surface area contributed by atoms with E-state index in [0.717, 1.165) is 25.1 Å². The molecule has 1 heterocycles. The second kappa shape index (κ2) is 9.77. The lowest BCUT2D eigenvalue weighted by Crippen LogP contribution is -2.44. The van der Waals surface area contributed by atoms with Gasteiger partial charge in [-0.1, -0.05) is 11.6 Å². The van der Waals surface area contributed by atoms with Gasteiger partial charge in [0.2, 0.25) is 11.8 Å². The zero-order chi connectivity index (χ0) is 21.8. The molecule has 1 aromatic rings. The first kappa shape index (κ1) is 23.4. The number of nitrogens with one attached hydrogen (secondary N) is 1. The van der Waals surface area contributed by atoms with Gasteiger partial charge in [0.1, 0.15) is 0 Å². The van der Waals surface area contributed by atoms with E-state index in [9.17, 15) is 22.8 Å². The Balaban J connectivity index is 1.97. The Morgan fingerprint density at radius 2 is 1.90 bits per heavy atom. The predicted molar refractivity (Wildman–Crippen MR) is 106 cm³/mol. The van der Waals surface area contributed by atoms with Crippen molar-refractivity contribution >= 4 is 29.1 Å². The third-order valence-electron chi connectivity index (χ3n) is 4.95. The van der Waals surface area contributed by atoms with Crippen LogP contribution in [0.25, 0.3) is 0 Å². The quantitative estimate of drug-likeness (QED) is 0.774. The third-order valence-corrected chi connectivity index (χ3v) is 5.28. The van der Waals surface area contributed by atoms with Crippen molar-refractivity contribution in [1.29, 1.82) is 0 Å². The molecule has 0 aliphatic carbocycles. The average Bonchev–Trinajstić information content (AvgIpc) is 2.87. The van der Waals surface area contributed by atoms with Crippen molar-refractivity contribution in [3.63, 3.8) is 0 Å². The number of amides is 2. The molecule has 0 aromatic heterocycles. The highest BCUT2D eigenvalue weighted by atomic mass is 35.5. The van der Waals surface area contributed by atoms with E-state index in [1.165, 1.54) is 6.07 Å². The molecule has 1 saturated heterocycles. The fraction of sp³-hybridized carbons (Fsp3) is 0.579. The van der Waals surface area contributed by atoms with Crippen molar-refractivity contribution < 1.29 is 22.8 Å². The molecule has 10 heteroatoms. The van der Waals surface area contributed by atoms with E-state index in [-0.39, 0.29) is 11.6 Å². The molecular weight excluding hydrogens is 409 g/mol. The monoisotopic (exact) mass is 434 g/mol. The summed E-state index contributed by atoms with van der Waals surface area (Å²) in [4.78, 5) is 30.0. The number of likely N-dealkylation sites (N-methyl/N-ethyl adjacent to an activating group) is 1. The molecule has 1 aromatic carbocycles. The lowest BCUT2D eigenvalue weighted by atomic mass is 10.1. The maximum absolute atomic E-state index is 13.0. The van der Waals surface area contributed by atoms with Crippen LogP contribution in [0.4, 0.5) is 18.9 Å². The van der Waals surface area contributed by atoms with Crippen molar-refractivity contribution in [2.45, 2.75) is 25.6 Å². The van der Waals surface area contributed by atoms with Gasteiger partial charge in [0.05, 0.1) is 23.2 Å². The van der Waals surface area contributed by atoms with E-state index in [4.69, 9.17) is 11.6 Å². The maximum Gasteiger partial charge on any atom is 0.417 e. The summed E-state index contributed by atoms with van der Waals surface area (Å²) in [5.41, 5.74) is -0.938. The SMILES string of the molecule is CC(C(=O)Nc1ccc(Cl)c(C(F)(F)F)c1)N1CCCN(CC(=O)N(C)C)CC1. The van der Waals surface area contributed by atoms with Gasteiger partial charge in [-0.25, -0.2) is 0 Å². The van der Waals surface area contributed by atoms with Gasteiger partial charge in [0.15, 0.2) is 0 Å². The van der Waals surface area contributed by atoms with E-state index in [2.05, 4.69) is 5.32 Å². The number of alkyl halides is 3. The largest absolute Gasteiger partial charge is 0.417 e. The van der Waals surface area contributed by atoms with Gasteiger partial charge in [-0.05, 0) is 38.1 Å². The van der Waals surface area contributed by atoms with Crippen molar-refractivity contribution in [3.05, 3.63) is 28.8 Å². The second-order valence-electron chi connectivity index (χ2n) is 7.31. The molecule has 1 aliphatic heterocycles. The molecule has 162 valence electrons. The molecule has 0 spiro atoms. The highest BCUT2D eigenvalue weighted by molar-refractivity contribution is 6.31. The van der Waals surface area contributed by atoms with Gasteiger partial charge >= 0.3 is 6.18 Å². The molecule has 0 saturated carbocycles. The Hall–Kier alpha value is -1.84. The third kappa shape index (κ3) is 6.58. The van der Waals surface area contributed by atoms with Crippen LogP contribution in [-0.4, -0.2) is 79.4 Å². The summed E-state index contributed by atoms with van der Waals surface area (Å²) in [5, 5.41) is 2.13. The van der Waals surface area contributed by atoms with Crippen LogP contribution in [0.2, 0.25) is 5.02 Å². The number of carbonyl (C=O) groups excluding carboxylic acids is 2. The Bertz CT molecular complexity index is 743. The Morgan fingerprint density at radius 1 is 1.21 bits per heavy atom. The molecule has 6 nitrogen and oxygen atoms in total. The van der Waals surface area contributed by atoms with Crippen molar-refractivity contribution in [3.8, 4) is 0 Å². The summed E-state index contributed by atoms with van der Waals surface area (Å²) in [7, 11) is 3.42. The molecule has 29 heavy (non-hydrogen) atoms. The van der Waals surface area contributed by atoms with Gasteiger partial charge in [-0.3, -0.25) is 19.4 Å². The summed E-state index contributed by atoms with van der Waals surface area (Å²) >= 11 is 5.62. The number of anilines is 1. The number of benzene rings is 1. The Morgan fingerprint density at radius 3 is 2.52 bits per heavy atom. The maximum atomic E-state index is 13.0. The molecule has 0 radical (unpaired) electrons. The number of nitrogens with zero attached hydrogens (tertiary/aromatic N) is 3. The van der Waals surface area contributed by atoms with E-state index >= 15 is 0 Å². The van der Waals surface area contributed by atoms with Crippen LogP contribution >= 0.6 is 11.6 Å². The minimum Gasteiger partial charge on any atom is -0.348 e. The molecule has 1 unspecified atom stereocenters. The molecule has 1 N–H and O–H groups in total. The van der Waals surface area contributed by atoms with E-state index in [0.29, 0.717) is 26.2 Å². The highest BCUT2D eigenvalue weighted by Crippen LogP contribution is 2.36. The second-order valence-corrected chi connectivity index (χ2v) is 7.72. The van der Waals surface area contributed by atoms with Gasteiger partial charge in [0, 0.05) is 39.4 Å². The summed E-state index contributed by atoms with van der Waals surface area (Å²) in [6, 6.07) is 2.78. The standard InChI is InChI=1S/C19H26ClF3N4O2/c1-13(27-8-4-7-26(9-10-27)12-17(28)25(2)3)18(29)24-14-5-6-16(20)15(11-14)19(21,22)23/h5-6,11,13H,4,7-10,12H2,1-3H3,(H,24,29). The summed E-state index contributed by atoms with van der Waals surface area (Å²) in [5.74, 6) is -0.370. The van der Waals surface area contributed by atoms with Crippen molar-refractivity contribution in [1.82, 2.24) is 14.7 Å². The molecule has 1 fully saturated rings. The first-order valence-corrected chi connectivity index (χ1v) is 9.71. The lowest BCUT2D eigenvalue weighted by molar-refractivity contribution is -0.137. The van der Waals surface area contributed by atoms with Crippen LogP contribution in [0.15, 0.2) is 18.2 Å². The lowest BCUT2D eigenvalue weighted by Gasteiger charge is -2.27. The summed E-state index contributed by atoms with van der Waals surface area (Å²) in [6.45, 7) is 4.68. The Labute approximate surface area is 173 Å². The van der Waals surface area contributed by atoms with Gasteiger partial charge < -0.3 is 10.2 Å². The molecule has 1 aliphatic rings. The van der Waals surface area contributed by atoms with Crippen LogP contribution in [0.3, 0.4) is 0 Å². The fourth-order valence-corrected chi connectivity index (χ4v) is 3.33. The van der Waals surface area contributed by atoms with E-state index < -0.39 is 28.7 Å². The normalized spacial score (nSPS) is 17.5. The zero-order valence-corrected chi connectivity index (χ0v) is 17.5. The minimum absolute atomic E-state index is 0.0208. The molecule has 1 atom stereocenters. The first-order chi connectivity index (χ1) is 13.5. The zero-order valence-electron chi connectivity index (χ0n) is 16.7. The van der Waals surface area contributed by atoms with E-state index in [1.54, 1.807) is 25.9 Å². The summed E-state index contributed by atoms with van der Waals surface area (Å²) < 4.78 is 39.0. The van der Waals surface area contributed by atoms with Gasteiger partial charge in [-0.15, -0.1) is 0 Å². The molecular formula is C19H26ClF3N4O2. The molecule has 0 bridgehead atoms. The van der Waals surface area contributed by atoms with Gasteiger partial charge in [0.25, 0.3) is 0 Å². The van der Waals surface area contributed by atoms with Gasteiger partial charge in [-0.2, -0.15) is 13.2 Å². The van der Waals surface area contributed by atoms with Crippen molar-refractivity contribution in [2.75, 3.05) is 52.1 Å².